The van der Waals surface area contributed by atoms with E-state index in [-0.39, 0.29) is 0 Å². The minimum Gasteiger partial charge on any atom is -0.134 e. The molecule has 0 aliphatic carbocycles. The molecule has 0 nitrogen and oxygen atoms in total. The molecule has 0 fully saturated rings. The van der Waals surface area contributed by atoms with Gasteiger partial charge in [-0.15, -0.1) is 11.8 Å². The molecule has 0 saturated carbocycles. The number of allylic oxidation sites excluding steroid dienone is 2. The Morgan fingerprint density at radius 2 is 2.38 bits per heavy atom. The fourth-order valence-electron chi connectivity index (χ4n) is 0.297. The quantitative estimate of drug-likeness (QED) is 0.414. The van der Waals surface area contributed by atoms with E-state index in [0.717, 1.165) is 0 Å². The Morgan fingerprint density at radius 3 is 2.88 bits per heavy atom. The van der Waals surface area contributed by atoms with Crippen molar-refractivity contribution >= 4 is 11.8 Å². The van der Waals surface area contributed by atoms with Crippen LogP contribution < -0.4 is 0 Å². The first-order valence-corrected chi connectivity index (χ1v) is 3.86. The van der Waals surface area contributed by atoms with Crippen LogP contribution in [0.5, 0.6) is 0 Å². The predicted molar refractivity (Wildman–Crippen MR) is 42.1 cm³/mol. The third-order valence-electron chi connectivity index (χ3n) is 0.633. The number of hydrogen-bond acceptors (Lipinski definition) is 1. The highest BCUT2D eigenvalue weighted by Gasteiger charge is 1.73. The molecule has 0 aromatic heterocycles. The fourth-order valence-corrected chi connectivity index (χ4v) is 0.891. The lowest BCUT2D eigenvalue weighted by atomic mass is 10.6. The van der Waals surface area contributed by atoms with Gasteiger partial charge in [-0.25, -0.2) is 0 Å². The molecule has 0 N–H and O–H groups in total. The van der Waals surface area contributed by atoms with E-state index in [2.05, 4.69) is 18.9 Å². The summed E-state index contributed by atoms with van der Waals surface area (Å²) in [7, 11) is 0. The molecule has 0 bridgehead atoms. The van der Waals surface area contributed by atoms with Crippen LogP contribution in [0.15, 0.2) is 24.1 Å². The Balaban J connectivity index is 2.91. The van der Waals surface area contributed by atoms with Gasteiger partial charge in [-0.1, -0.05) is 25.7 Å². The first kappa shape index (κ1) is 7.83. The van der Waals surface area contributed by atoms with E-state index in [1.165, 1.54) is 12.2 Å². The van der Waals surface area contributed by atoms with Crippen molar-refractivity contribution in [2.24, 2.45) is 0 Å². The van der Waals surface area contributed by atoms with Crippen molar-refractivity contribution < 1.29 is 0 Å². The molecule has 1 heteroatoms. The smallest absolute Gasteiger partial charge is 0.00286 e. The molecule has 0 radical (unpaired) electrons. The molecule has 0 aromatic rings. The Labute approximate surface area is 55.7 Å². The summed E-state index contributed by atoms with van der Waals surface area (Å²) in [4.78, 5) is 0. The summed E-state index contributed by atoms with van der Waals surface area (Å²) in [5.74, 6) is 1.21. The van der Waals surface area contributed by atoms with Crippen molar-refractivity contribution in [3.63, 3.8) is 0 Å². The van der Waals surface area contributed by atoms with Crippen molar-refractivity contribution in [1.82, 2.24) is 0 Å². The van der Waals surface area contributed by atoms with Gasteiger partial charge in [0.15, 0.2) is 0 Å². The molecule has 0 amide bonds. The Bertz CT molecular complexity index is 74.5. The first-order valence-electron chi connectivity index (χ1n) is 2.81. The molecule has 8 heavy (non-hydrogen) atoms. The summed E-state index contributed by atoms with van der Waals surface area (Å²) in [6.07, 6.45) is 5.00. The number of hydrogen-bond donors (Lipinski definition) is 0. The zero-order valence-corrected chi connectivity index (χ0v) is 6.08. The topological polar surface area (TPSA) is 0 Å². The van der Waals surface area contributed by atoms with Gasteiger partial charge in [0, 0.05) is 0 Å². The first-order chi connectivity index (χ1) is 3.91. The highest BCUT2D eigenvalue weighted by Crippen LogP contribution is 2.02. The van der Waals surface area contributed by atoms with E-state index in [1.807, 2.05) is 17.8 Å². The second-order valence-corrected chi connectivity index (χ2v) is 2.45. The summed E-state index contributed by atoms with van der Waals surface area (Å²) in [5.41, 5.74) is 0. The van der Waals surface area contributed by atoms with Crippen LogP contribution in [-0.2, 0) is 0 Å². The molecule has 0 spiro atoms. The highest BCUT2D eigenvalue weighted by atomic mass is 32.2. The maximum absolute atomic E-state index is 3.56. The van der Waals surface area contributed by atoms with Crippen LogP contribution in [0.1, 0.15) is 13.3 Å². The number of thioether (sulfide) groups is 1. The largest absolute Gasteiger partial charge is 0.134 e. The molecule has 46 valence electrons. The van der Waals surface area contributed by atoms with Crippen molar-refractivity contribution in [2.45, 2.75) is 13.3 Å². The zero-order valence-electron chi connectivity index (χ0n) is 5.26. The molecule has 0 atom stereocenters. The lowest BCUT2D eigenvalue weighted by Crippen LogP contribution is -1.65. The average molecular weight is 128 g/mol. The van der Waals surface area contributed by atoms with E-state index in [0.29, 0.717) is 0 Å². The van der Waals surface area contributed by atoms with E-state index < -0.39 is 0 Å². The van der Waals surface area contributed by atoms with Crippen LogP contribution in [0.3, 0.4) is 0 Å². The molecule has 0 unspecified atom stereocenters. The van der Waals surface area contributed by atoms with Gasteiger partial charge in [0.2, 0.25) is 0 Å². The van der Waals surface area contributed by atoms with Gasteiger partial charge < -0.3 is 0 Å². The Kier molecular flexibility index (Phi) is 6.68. The number of rotatable bonds is 4. The van der Waals surface area contributed by atoms with Gasteiger partial charge in [0.05, 0.1) is 0 Å². The summed E-state index contributed by atoms with van der Waals surface area (Å²) < 4.78 is 0. The standard InChI is InChI=1S/C7H12S/c1-3-5-7-8-6-4-2/h3,5,7H,1,4,6H2,2H3/b7-5-. The third-order valence-corrected chi connectivity index (χ3v) is 1.63. The van der Waals surface area contributed by atoms with Crippen LogP contribution in [-0.4, -0.2) is 5.75 Å². The van der Waals surface area contributed by atoms with E-state index in [1.54, 1.807) is 6.08 Å². The molecule has 0 aliphatic heterocycles. The average Bonchev–Trinajstić information content (AvgIpc) is 1.81. The highest BCUT2D eigenvalue weighted by molar-refractivity contribution is 8.02. The van der Waals surface area contributed by atoms with Gasteiger partial charge in [0.1, 0.15) is 0 Å². The van der Waals surface area contributed by atoms with Crippen molar-refractivity contribution in [2.75, 3.05) is 5.75 Å². The second-order valence-electron chi connectivity index (χ2n) is 1.44. The van der Waals surface area contributed by atoms with Crippen molar-refractivity contribution in [3.05, 3.63) is 24.1 Å². The van der Waals surface area contributed by atoms with E-state index >= 15 is 0 Å². The van der Waals surface area contributed by atoms with Crippen molar-refractivity contribution in [1.29, 1.82) is 0 Å². The summed E-state index contributed by atoms with van der Waals surface area (Å²) >= 11 is 1.83. The Morgan fingerprint density at radius 1 is 1.62 bits per heavy atom. The molecular formula is C7H12S. The molecule has 0 rings (SSSR count). The fraction of sp³-hybridized carbons (Fsp3) is 0.429. The minimum atomic E-state index is 1.21. The van der Waals surface area contributed by atoms with Crippen molar-refractivity contribution in [3.8, 4) is 0 Å². The van der Waals surface area contributed by atoms with Gasteiger partial charge >= 0.3 is 0 Å². The molecule has 0 aliphatic rings. The lowest BCUT2D eigenvalue weighted by Gasteiger charge is -1.84. The van der Waals surface area contributed by atoms with Crippen LogP contribution in [0.25, 0.3) is 0 Å². The molecular weight excluding hydrogens is 116 g/mol. The molecule has 0 saturated heterocycles. The van der Waals surface area contributed by atoms with Crippen LogP contribution in [0.2, 0.25) is 0 Å². The van der Waals surface area contributed by atoms with Gasteiger partial charge in [-0.05, 0) is 17.6 Å². The third kappa shape index (κ3) is 5.83. The van der Waals surface area contributed by atoms with Crippen LogP contribution in [0.4, 0.5) is 0 Å². The predicted octanol–water partition coefficient (Wildman–Crippen LogP) is 2.83. The monoisotopic (exact) mass is 128 g/mol. The van der Waals surface area contributed by atoms with Gasteiger partial charge in [0.25, 0.3) is 0 Å². The lowest BCUT2D eigenvalue weighted by molar-refractivity contribution is 1.11. The molecule has 0 heterocycles. The summed E-state index contributed by atoms with van der Waals surface area (Å²) in [5, 5.41) is 2.07. The van der Waals surface area contributed by atoms with Gasteiger partial charge in [-0.3, -0.25) is 0 Å². The SMILES string of the molecule is C=C/C=C\SCCC. The maximum Gasteiger partial charge on any atom is -0.00286 e. The second kappa shape index (κ2) is 6.83. The van der Waals surface area contributed by atoms with E-state index in [9.17, 15) is 0 Å². The van der Waals surface area contributed by atoms with Gasteiger partial charge in [-0.2, -0.15) is 0 Å². The summed E-state index contributed by atoms with van der Waals surface area (Å²) in [6.45, 7) is 5.73. The maximum atomic E-state index is 3.56. The molecule has 0 aromatic carbocycles. The zero-order chi connectivity index (χ0) is 6.24. The van der Waals surface area contributed by atoms with Crippen LogP contribution >= 0.6 is 11.8 Å². The minimum absolute atomic E-state index is 1.21. The van der Waals surface area contributed by atoms with Crippen LogP contribution in [0, 0.1) is 0 Å². The normalized spacial score (nSPS) is 10.1. The Hall–Kier alpha value is -0.170. The summed E-state index contributed by atoms with van der Waals surface area (Å²) in [6, 6.07) is 0. The van der Waals surface area contributed by atoms with E-state index in [4.69, 9.17) is 0 Å².